The van der Waals surface area contributed by atoms with Gasteiger partial charge in [0.15, 0.2) is 0 Å². The molecule has 0 radical (unpaired) electrons. The summed E-state index contributed by atoms with van der Waals surface area (Å²) in [4.78, 5) is 51.2. The summed E-state index contributed by atoms with van der Waals surface area (Å²) >= 11 is 0. The Balaban J connectivity index is 0.000000492. The molecule has 2 saturated carbocycles. The molecule has 10 atom stereocenters. The predicted molar refractivity (Wildman–Crippen MR) is 216 cm³/mol. The minimum atomic E-state index is -1.55. The Morgan fingerprint density at radius 3 is 2.19 bits per heavy atom. The number of carboxylic acid groups (broad SMARTS) is 1. The number of hydrogen-bond donors (Lipinski definition) is 11. The lowest BCUT2D eigenvalue weighted by molar-refractivity contribution is -0.138. The lowest BCUT2D eigenvalue weighted by Gasteiger charge is -2.39. The highest BCUT2D eigenvalue weighted by molar-refractivity contribution is 5.90. The number of carbonyl (C=O) groups is 4. The van der Waals surface area contributed by atoms with Gasteiger partial charge in [-0.3, -0.25) is 14.4 Å². The van der Waals surface area contributed by atoms with E-state index in [-0.39, 0.29) is 48.8 Å². The first-order valence-corrected chi connectivity index (χ1v) is 20.0. The average molecular weight is 814 g/mol. The lowest BCUT2D eigenvalue weighted by atomic mass is 9.70. The van der Waals surface area contributed by atoms with Crippen LogP contribution in [0, 0.1) is 16.7 Å². The first-order valence-electron chi connectivity index (χ1n) is 20.0. The summed E-state index contributed by atoms with van der Waals surface area (Å²) < 4.78 is 6.11. The summed E-state index contributed by atoms with van der Waals surface area (Å²) in [6.07, 6.45) is -3.67. The third-order valence-electron chi connectivity index (χ3n) is 12.7. The van der Waals surface area contributed by atoms with E-state index in [2.05, 4.69) is 47.4 Å². The molecule has 11 N–H and O–H groups in total. The summed E-state index contributed by atoms with van der Waals surface area (Å²) in [7, 11) is 1.57. The third kappa shape index (κ3) is 11.0. The van der Waals surface area contributed by atoms with Crippen molar-refractivity contribution in [1.82, 2.24) is 21.3 Å². The fourth-order valence-electron chi connectivity index (χ4n) is 8.63. The van der Waals surface area contributed by atoms with Crippen molar-refractivity contribution in [2.75, 3.05) is 38.6 Å². The van der Waals surface area contributed by atoms with Crippen LogP contribution in [0.1, 0.15) is 89.3 Å². The van der Waals surface area contributed by atoms with Crippen molar-refractivity contribution in [3.8, 4) is 0 Å². The van der Waals surface area contributed by atoms with Gasteiger partial charge in [-0.15, -0.1) is 0 Å². The molecule has 322 valence electrons. The molecule has 0 saturated heterocycles. The number of carboxylic acids is 1. The number of nitrogens with one attached hydrogen (secondary N) is 5. The minimum absolute atomic E-state index is 0.0307. The Labute approximate surface area is 340 Å². The van der Waals surface area contributed by atoms with Crippen molar-refractivity contribution in [3.63, 3.8) is 0 Å². The molecule has 58 heavy (non-hydrogen) atoms. The highest BCUT2D eigenvalue weighted by atomic mass is 16.6. The lowest BCUT2D eigenvalue weighted by Crippen LogP contribution is -2.59. The van der Waals surface area contributed by atoms with Gasteiger partial charge in [-0.25, -0.2) is 4.79 Å². The quantitative estimate of drug-likeness (QED) is 0.103. The van der Waals surface area contributed by atoms with E-state index in [1.807, 2.05) is 54.6 Å². The van der Waals surface area contributed by atoms with E-state index < -0.39 is 66.5 Å². The molecule has 2 fully saturated rings. The molecule has 0 aromatic heterocycles. The van der Waals surface area contributed by atoms with E-state index in [9.17, 15) is 24.3 Å². The molecular formula is C42H63N5O11. The molecule has 2 unspecified atom stereocenters. The summed E-state index contributed by atoms with van der Waals surface area (Å²) in [5, 5.41) is 68.7. The van der Waals surface area contributed by atoms with Gasteiger partial charge in [0.05, 0.1) is 25.2 Å². The van der Waals surface area contributed by atoms with Gasteiger partial charge in [0.25, 0.3) is 0 Å². The molecule has 1 heterocycles. The van der Waals surface area contributed by atoms with Gasteiger partial charge in [-0.05, 0) is 68.2 Å². The zero-order valence-electron chi connectivity index (χ0n) is 34.1. The molecule has 2 bridgehead atoms. The fraction of sp³-hybridized carbons (Fsp3) is 0.619. The van der Waals surface area contributed by atoms with Gasteiger partial charge in [-0.2, -0.15) is 0 Å². The molecule has 0 spiro atoms. The van der Waals surface area contributed by atoms with Crippen molar-refractivity contribution in [2.24, 2.45) is 16.7 Å². The van der Waals surface area contributed by atoms with Gasteiger partial charge >= 0.3 is 12.1 Å². The zero-order valence-corrected chi connectivity index (χ0v) is 34.1. The molecule has 2 aromatic rings. The summed E-state index contributed by atoms with van der Waals surface area (Å²) in [6.45, 7) is 8.56. The predicted octanol–water partition coefficient (Wildman–Crippen LogP) is 1.77. The van der Waals surface area contributed by atoms with Gasteiger partial charge < -0.3 is 62.0 Å². The molecule has 16 heteroatoms. The largest absolute Gasteiger partial charge is 0.481 e. The van der Waals surface area contributed by atoms with Crippen LogP contribution in [0.4, 0.5) is 10.5 Å². The number of carbonyl (C=O) groups excluding carboxylic acids is 3. The van der Waals surface area contributed by atoms with Gasteiger partial charge in [0.1, 0.15) is 30.0 Å². The maximum atomic E-state index is 14.1. The number of anilines is 1. The molecule has 3 amide bonds. The van der Waals surface area contributed by atoms with Crippen LogP contribution in [-0.2, 0) is 19.1 Å². The number of amides is 3. The molecular weight excluding hydrogens is 750 g/mol. The number of para-hydroxylation sites is 1. The number of hydrogen-bond acceptors (Lipinski definition) is 12. The number of aliphatic carboxylic acids is 1. The maximum Gasteiger partial charge on any atom is 0.408 e. The van der Waals surface area contributed by atoms with E-state index in [0.717, 1.165) is 36.1 Å². The van der Waals surface area contributed by atoms with E-state index >= 15 is 0 Å². The number of aliphatic hydroxyl groups is 5. The molecule has 16 nitrogen and oxygen atoms in total. The number of aliphatic hydroxyl groups excluding tert-OH is 5. The highest BCUT2D eigenvalue weighted by Gasteiger charge is 2.63. The SMILES string of the molecule is CC1(C)[C@H]2CC[C@]1(C)C(OC(=O)N[C@](C)(CC1CNc3ccccc31)C(=O)NC[C@H](NC(=O)CCC(=O)O)c1ccccc1)C2.CNC[C@H](O)[C@@H](O)[C@H](O)[C@H](O)CO. The topological polar surface area (TPSA) is 259 Å². The Hall–Kier alpha value is -4.32. The normalized spacial score (nSPS) is 24.9. The van der Waals surface area contributed by atoms with Crippen LogP contribution in [0.15, 0.2) is 54.6 Å². The Morgan fingerprint density at radius 2 is 1.59 bits per heavy atom. The first kappa shape index (κ1) is 46.4. The average Bonchev–Trinajstić information content (AvgIpc) is 3.76. The number of likely N-dealkylation sites (N-methyl/N-ethyl adjacent to an activating group) is 1. The fourth-order valence-corrected chi connectivity index (χ4v) is 8.63. The molecule has 3 aliphatic rings. The second kappa shape index (κ2) is 20.1. The third-order valence-corrected chi connectivity index (χ3v) is 12.7. The minimum Gasteiger partial charge on any atom is -0.481 e. The van der Waals surface area contributed by atoms with Crippen LogP contribution < -0.4 is 26.6 Å². The van der Waals surface area contributed by atoms with Crippen LogP contribution in [0.25, 0.3) is 0 Å². The van der Waals surface area contributed by atoms with E-state index in [0.29, 0.717) is 18.9 Å². The smallest absolute Gasteiger partial charge is 0.408 e. The summed E-state index contributed by atoms with van der Waals surface area (Å²) in [5.74, 6) is -1.42. The molecule has 1 aliphatic heterocycles. The van der Waals surface area contributed by atoms with Crippen molar-refractivity contribution in [3.05, 3.63) is 65.7 Å². The molecule has 2 aromatic carbocycles. The zero-order chi connectivity index (χ0) is 42.8. The number of rotatable bonds is 18. The Kier molecular flexibility index (Phi) is 16.1. The van der Waals surface area contributed by atoms with E-state index in [1.54, 1.807) is 14.0 Å². The Bertz CT molecular complexity index is 1700. The van der Waals surface area contributed by atoms with Crippen molar-refractivity contribution < 1.29 is 54.6 Å². The van der Waals surface area contributed by atoms with Crippen molar-refractivity contribution >= 4 is 29.6 Å². The number of ether oxygens (including phenoxy) is 1. The highest BCUT2D eigenvalue weighted by Crippen LogP contribution is 2.66. The second-order valence-corrected chi connectivity index (χ2v) is 16.8. The molecule has 5 rings (SSSR count). The number of benzene rings is 2. The van der Waals surface area contributed by atoms with E-state index in [4.69, 9.17) is 30.3 Å². The van der Waals surface area contributed by atoms with Crippen molar-refractivity contribution in [1.29, 1.82) is 0 Å². The van der Waals surface area contributed by atoms with Crippen LogP contribution in [0.5, 0.6) is 0 Å². The standard InChI is InChI=1S/C35H46N4O6.C7H17NO5/c1-33(2)24-16-17-34(33,3)28(18-24)45-32(44)39-35(4,19-23-20-36-26-13-9-8-12-25(23)26)31(43)37-21-27(22-10-6-5-7-11-22)38-29(40)14-15-30(41)42;1-8-2-4(10)6(12)7(13)5(11)3-9/h5-13,23-24,27-28,36H,14-21H2,1-4H3,(H,37,43)(H,38,40)(H,39,44)(H,41,42);4-13H,2-3H2,1H3/t23?,24-,27-,28?,34+,35+;4-,5+,6+,7+/m00/s1. The van der Waals surface area contributed by atoms with Crippen molar-refractivity contribution in [2.45, 2.75) is 114 Å². The summed E-state index contributed by atoms with van der Waals surface area (Å²) in [5.41, 5.74) is 1.48. The van der Waals surface area contributed by atoms with Gasteiger partial charge in [0.2, 0.25) is 11.8 Å². The molecule has 2 aliphatic carbocycles. The monoisotopic (exact) mass is 813 g/mol. The van der Waals surface area contributed by atoms with Crippen LogP contribution in [0.2, 0.25) is 0 Å². The van der Waals surface area contributed by atoms with Crippen LogP contribution in [-0.4, -0.2) is 124 Å². The first-order chi connectivity index (χ1) is 27.4. The van der Waals surface area contributed by atoms with Gasteiger partial charge in [0, 0.05) is 43.1 Å². The number of alkyl carbamates (subject to hydrolysis) is 1. The maximum absolute atomic E-state index is 14.1. The second-order valence-electron chi connectivity index (χ2n) is 16.8. The van der Waals surface area contributed by atoms with Crippen LogP contribution in [0.3, 0.4) is 0 Å². The Morgan fingerprint density at radius 1 is 0.931 bits per heavy atom. The van der Waals surface area contributed by atoms with Crippen LogP contribution >= 0.6 is 0 Å². The van der Waals surface area contributed by atoms with E-state index in [1.165, 1.54) is 0 Å². The number of fused-ring (bicyclic) bond motifs is 3. The summed E-state index contributed by atoms with van der Waals surface area (Å²) in [6, 6.07) is 16.5. The van der Waals surface area contributed by atoms with Gasteiger partial charge in [-0.1, -0.05) is 69.3 Å².